The highest BCUT2D eigenvalue weighted by molar-refractivity contribution is 5.93. The van der Waals surface area contributed by atoms with Crippen molar-refractivity contribution in [2.24, 2.45) is 0 Å². The maximum Gasteiger partial charge on any atom is 0.276 e. The molecule has 0 saturated carbocycles. The van der Waals surface area contributed by atoms with Gasteiger partial charge in [-0.2, -0.15) is 0 Å². The molecule has 104 valence electrons. The topological polar surface area (TPSA) is 60.5 Å². The van der Waals surface area contributed by atoms with E-state index in [-0.39, 0.29) is 5.91 Å². The molecule has 0 fully saturated rings. The van der Waals surface area contributed by atoms with Crippen LogP contribution in [-0.4, -0.2) is 17.5 Å². The molecule has 0 atom stereocenters. The lowest BCUT2D eigenvalue weighted by Gasteiger charge is -2.06. The third-order valence-corrected chi connectivity index (χ3v) is 2.54. The predicted octanol–water partition coefficient (Wildman–Crippen LogP) is 2.34. The van der Waals surface area contributed by atoms with Crippen LogP contribution in [0.25, 0.3) is 0 Å². The smallest absolute Gasteiger partial charge is 0.276 e. The standard InChI is InChI=1S/C15H16N2O3/c1-2-20-17-15(18)13-8-9-14(16-10-13)19-11-12-6-4-3-5-7-12/h3-10H,2,11H2,1H3,(H,17,18). The van der Waals surface area contributed by atoms with Gasteiger partial charge in [-0.25, -0.2) is 10.5 Å². The zero-order valence-corrected chi connectivity index (χ0v) is 11.2. The van der Waals surface area contributed by atoms with E-state index in [9.17, 15) is 4.79 Å². The van der Waals surface area contributed by atoms with Gasteiger partial charge in [-0.3, -0.25) is 9.63 Å². The Balaban J connectivity index is 1.90. The Kier molecular flexibility index (Phi) is 5.08. The zero-order valence-electron chi connectivity index (χ0n) is 11.2. The molecular formula is C15H16N2O3. The highest BCUT2D eigenvalue weighted by atomic mass is 16.6. The number of pyridine rings is 1. The number of nitrogens with one attached hydrogen (secondary N) is 1. The Labute approximate surface area is 117 Å². The fourth-order valence-corrected chi connectivity index (χ4v) is 1.53. The first-order valence-corrected chi connectivity index (χ1v) is 6.34. The molecule has 5 nitrogen and oxygen atoms in total. The number of ether oxygens (including phenoxy) is 1. The second kappa shape index (κ2) is 7.25. The molecule has 0 spiro atoms. The number of aromatic nitrogens is 1. The van der Waals surface area contributed by atoms with E-state index in [0.717, 1.165) is 5.56 Å². The summed E-state index contributed by atoms with van der Waals surface area (Å²) in [6.45, 7) is 2.65. The van der Waals surface area contributed by atoms with E-state index in [1.165, 1.54) is 6.20 Å². The maximum absolute atomic E-state index is 11.6. The molecule has 0 aliphatic carbocycles. The van der Waals surface area contributed by atoms with Gasteiger partial charge in [0.1, 0.15) is 6.61 Å². The highest BCUT2D eigenvalue weighted by Gasteiger charge is 2.06. The first-order chi connectivity index (χ1) is 9.79. The summed E-state index contributed by atoms with van der Waals surface area (Å²) in [5, 5.41) is 0. The van der Waals surface area contributed by atoms with E-state index in [1.54, 1.807) is 19.1 Å². The summed E-state index contributed by atoms with van der Waals surface area (Å²) >= 11 is 0. The van der Waals surface area contributed by atoms with Crippen molar-refractivity contribution in [3.05, 3.63) is 59.8 Å². The lowest BCUT2D eigenvalue weighted by atomic mass is 10.2. The van der Waals surface area contributed by atoms with Gasteiger partial charge in [-0.05, 0) is 18.6 Å². The normalized spacial score (nSPS) is 10.1. The number of benzene rings is 1. The van der Waals surface area contributed by atoms with Gasteiger partial charge in [0, 0.05) is 12.3 Å². The minimum absolute atomic E-state index is 0.325. The predicted molar refractivity (Wildman–Crippen MR) is 74.1 cm³/mol. The monoisotopic (exact) mass is 272 g/mol. The van der Waals surface area contributed by atoms with Crippen LogP contribution in [0.4, 0.5) is 0 Å². The van der Waals surface area contributed by atoms with Crippen LogP contribution in [0.3, 0.4) is 0 Å². The van der Waals surface area contributed by atoms with Crippen LogP contribution in [0.2, 0.25) is 0 Å². The van der Waals surface area contributed by atoms with Crippen LogP contribution in [0, 0.1) is 0 Å². The van der Waals surface area contributed by atoms with Gasteiger partial charge < -0.3 is 4.74 Å². The van der Waals surface area contributed by atoms with Gasteiger partial charge in [-0.1, -0.05) is 30.3 Å². The van der Waals surface area contributed by atoms with Gasteiger partial charge in [0.05, 0.1) is 12.2 Å². The van der Waals surface area contributed by atoms with E-state index in [4.69, 9.17) is 9.57 Å². The van der Waals surface area contributed by atoms with Gasteiger partial charge >= 0.3 is 0 Å². The van der Waals surface area contributed by atoms with Crippen molar-refractivity contribution >= 4 is 5.91 Å². The third kappa shape index (κ3) is 4.07. The summed E-state index contributed by atoms with van der Waals surface area (Å²) < 4.78 is 5.53. The molecule has 0 saturated heterocycles. The second-order valence-electron chi connectivity index (χ2n) is 4.02. The van der Waals surface area contributed by atoms with Crippen molar-refractivity contribution < 1.29 is 14.4 Å². The first-order valence-electron chi connectivity index (χ1n) is 6.34. The van der Waals surface area contributed by atoms with E-state index < -0.39 is 0 Å². The number of hydroxylamine groups is 1. The van der Waals surface area contributed by atoms with Gasteiger partial charge in [0.2, 0.25) is 5.88 Å². The minimum atomic E-state index is -0.325. The number of carbonyl (C=O) groups excluding carboxylic acids is 1. The second-order valence-corrected chi connectivity index (χ2v) is 4.02. The molecule has 20 heavy (non-hydrogen) atoms. The molecule has 0 bridgehead atoms. The Hall–Kier alpha value is -2.40. The molecule has 2 rings (SSSR count). The van der Waals surface area contributed by atoms with Gasteiger partial charge in [0.25, 0.3) is 5.91 Å². The molecule has 2 aromatic rings. The van der Waals surface area contributed by atoms with Crippen molar-refractivity contribution in [2.75, 3.05) is 6.61 Å². The van der Waals surface area contributed by atoms with Crippen molar-refractivity contribution in [2.45, 2.75) is 13.5 Å². The van der Waals surface area contributed by atoms with Crippen molar-refractivity contribution in [1.82, 2.24) is 10.5 Å². The molecule has 1 N–H and O–H groups in total. The fraction of sp³-hybridized carbons (Fsp3) is 0.200. The van der Waals surface area contributed by atoms with E-state index in [2.05, 4.69) is 10.5 Å². The fourth-order valence-electron chi connectivity index (χ4n) is 1.53. The van der Waals surface area contributed by atoms with Gasteiger partial charge in [0.15, 0.2) is 0 Å². The average Bonchev–Trinajstić information content (AvgIpc) is 2.52. The summed E-state index contributed by atoms with van der Waals surface area (Å²) in [5.74, 6) is 0.149. The summed E-state index contributed by atoms with van der Waals surface area (Å²) in [6, 6.07) is 13.1. The van der Waals surface area contributed by atoms with E-state index in [1.807, 2.05) is 30.3 Å². The molecule has 5 heteroatoms. The van der Waals surface area contributed by atoms with E-state index in [0.29, 0.717) is 24.7 Å². The molecule has 0 radical (unpaired) electrons. The maximum atomic E-state index is 11.6. The lowest BCUT2D eigenvalue weighted by Crippen LogP contribution is -2.23. The average molecular weight is 272 g/mol. The zero-order chi connectivity index (χ0) is 14.2. The SMILES string of the molecule is CCONC(=O)c1ccc(OCc2ccccc2)nc1. The van der Waals surface area contributed by atoms with E-state index >= 15 is 0 Å². The summed E-state index contributed by atoms with van der Waals surface area (Å²) in [7, 11) is 0. The lowest BCUT2D eigenvalue weighted by molar-refractivity contribution is 0.0364. The molecule has 0 aliphatic heterocycles. The molecule has 1 amide bonds. The van der Waals surface area contributed by atoms with Crippen molar-refractivity contribution in [3.63, 3.8) is 0 Å². The van der Waals surface area contributed by atoms with Crippen LogP contribution < -0.4 is 10.2 Å². The number of hydrogen-bond acceptors (Lipinski definition) is 4. The van der Waals surface area contributed by atoms with Crippen LogP contribution in [0.5, 0.6) is 5.88 Å². The number of amides is 1. The summed E-state index contributed by atoms with van der Waals surface area (Å²) in [6.07, 6.45) is 1.45. The molecule has 0 unspecified atom stereocenters. The molecule has 1 aromatic heterocycles. The molecular weight excluding hydrogens is 256 g/mol. The van der Waals surface area contributed by atoms with Crippen molar-refractivity contribution in [3.8, 4) is 5.88 Å². The number of nitrogens with zero attached hydrogens (tertiary/aromatic N) is 1. The summed E-state index contributed by atoms with van der Waals surface area (Å²) in [4.78, 5) is 20.5. The van der Waals surface area contributed by atoms with Crippen LogP contribution >= 0.6 is 0 Å². The summed E-state index contributed by atoms with van der Waals surface area (Å²) in [5.41, 5.74) is 3.79. The Morgan fingerprint density at radius 1 is 1.20 bits per heavy atom. The Morgan fingerprint density at radius 2 is 2.00 bits per heavy atom. The number of hydrogen-bond donors (Lipinski definition) is 1. The third-order valence-electron chi connectivity index (χ3n) is 2.54. The molecule has 1 aromatic carbocycles. The Bertz CT molecular complexity index is 541. The quantitative estimate of drug-likeness (QED) is 0.820. The number of carbonyl (C=O) groups is 1. The van der Waals surface area contributed by atoms with Crippen LogP contribution in [0.15, 0.2) is 48.7 Å². The molecule has 1 heterocycles. The minimum Gasteiger partial charge on any atom is -0.473 e. The largest absolute Gasteiger partial charge is 0.473 e. The Morgan fingerprint density at radius 3 is 2.65 bits per heavy atom. The van der Waals surface area contributed by atoms with Crippen molar-refractivity contribution in [1.29, 1.82) is 0 Å². The molecule has 0 aliphatic rings. The van der Waals surface area contributed by atoms with Crippen LogP contribution in [0.1, 0.15) is 22.8 Å². The first kappa shape index (κ1) is 14.0. The van der Waals surface area contributed by atoms with Gasteiger partial charge in [-0.15, -0.1) is 0 Å². The van der Waals surface area contributed by atoms with Crippen LogP contribution in [-0.2, 0) is 11.4 Å². The number of rotatable bonds is 6. The highest BCUT2D eigenvalue weighted by Crippen LogP contribution is 2.10.